The molecule has 0 saturated carbocycles. The van der Waals surface area contributed by atoms with Gasteiger partial charge in [-0.05, 0) is 24.1 Å². The van der Waals surface area contributed by atoms with E-state index in [-0.39, 0.29) is 12.1 Å². The van der Waals surface area contributed by atoms with Gasteiger partial charge in [0.1, 0.15) is 12.5 Å². The summed E-state index contributed by atoms with van der Waals surface area (Å²) < 4.78 is 6.06. The number of ether oxygens (including phenoxy) is 1. The van der Waals surface area contributed by atoms with Crippen molar-refractivity contribution in [3.05, 3.63) is 102 Å². The quantitative estimate of drug-likeness (QED) is 0.659. The van der Waals surface area contributed by atoms with Crippen LogP contribution in [0.25, 0.3) is 0 Å². The molecule has 3 aromatic rings. The topological polar surface area (TPSA) is 12.5 Å². The molecule has 4 rings (SSSR count). The molecule has 2 heteroatoms. The maximum absolute atomic E-state index is 6.06. The predicted molar refractivity (Wildman–Crippen MR) is 96.9 cm³/mol. The number of fused-ring (bicyclic) bond motifs is 1. The zero-order chi connectivity index (χ0) is 16.4. The molecule has 1 heterocycles. The van der Waals surface area contributed by atoms with Gasteiger partial charge in [-0.3, -0.25) is 4.90 Å². The highest BCUT2D eigenvalue weighted by Crippen LogP contribution is 2.42. The van der Waals surface area contributed by atoms with Crippen LogP contribution in [0.2, 0.25) is 0 Å². The molecule has 24 heavy (non-hydrogen) atoms. The Morgan fingerprint density at radius 2 is 1.46 bits per heavy atom. The molecule has 1 aliphatic rings. The molecule has 0 aliphatic carbocycles. The highest BCUT2D eigenvalue weighted by molar-refractivity contribution is 5.43. The van der Waals surface area contributed by atoms with Gasteiger partial charge in [-0.2, -0.15) is 0 Å². The van der Waals surface area contributed by atoms with Crippen molar-refractivity contribution in [2.75, 3.05) is 6.73 Å². The summed E-state index contributed by atoms with van der Waals surface area (Å²) in [6.07, 6.45) is 0. The molecule has 3 aromatic carbocycles. The first-order chi connectivity index (χ1) is 11.8. The van der Waals surface area contributed by atoms with Crippen LogP contribution in [0.5, 0.6) is 5.75 Å². The van der Waals surface area contributed by atoms with Gasteiger partial charge in [-0.25, -0.2) is 0 Å². The molecule has 0 fully saturated rings. The molecule has 1 aliphatic heterocycles. The molecule has 2 atom stereocenters. The summed E-state index contributed by atoms with van der Waals surface area (Å²) in [4.78, 5) is 2.42. The zero-order valence-corrected chi connectivity index (χ0v) is 13.8. The molecule has 0 radical (unpaired) electrons. The molecule has 0 spiro atoms. The van der Waals surface area contributed by atoms with E-state index in [9.17, 15) is 0 Å². The summed E-state index contributed by atoms with van der Waals surface area (Å²) >= 11 is 0. The van der Waals surface area contributed by atoms with E-state index in [0.29, 0.717) is 6.73 Å². The summed E-state index contributed by atoms with van der Waals surface area (Å²) in [7, 11) is 0. The molecule has 0 N–H and O–H groups in total. The van der Waals surface area contributed by atoms with Crippen LogP contribution < -0.4 is 4.74 Å². The Bertz CT molecular complexity index is 800. The van der Waals surface area contributed by atoms with Crippen LogP contribution in [0.1, 0.15) is 35.7 Å². The number of para-hydroxylation sites is 1. The highest BCUT2D eigenvalue weighted by Gasteiger charge is 2.33. The minimum absolute atomic E-state index is 0.200. The number of nitrogens with zero attached hydrogens (tertiary/aromatic N) is 1. The predicted octanol–water partition coefficient (Wildman–Crippen LogP) is 5.19. The van der Waals surface area contributed by atoms with Crippen LogP contribution in [0.3, 0.4) is 0 Å². The molecular formula is C22H21NO. The zero-order valence-electron chi connectivity index (χ0n) is 13.8. The molecule has 120 valence electrons. The van der Waals surface area contributed by atoms with E-state index in [1.54, 1.807) is 0 Å². The van der Waals surface area contributed by atoms with Crippen molar-refractivity contribution in [1.29, 1.82) is 0 Å². The van der Waals surface area contributed by atoms with Gasteiger partial charge in [0, 0.05) is 11.6 Å². The summed E-state index contributed by atoms with van der Waals surface area (Å²) in [5, 5.41) is 0. The Morgan fingerprint density at radius 3 is 2.21 bits per heavy atom. The second-order valence-corrected chi connectivity index (χ2v) is 6.23. The van der Waals surface area contributed by atoms with Gasteiger partial charge >= 0.3 is 0 Å². The normalized spacial score (nSPS) is 18.5. The van der Waals surface area contributed by atoms with E-state index >= 15 is 0 Å². The summed E-state index contributed by atoms with van der Waals surface area (Å²) in [6, 6.07) is 30.2. The Balaban J connectivity index is 1.79. The Kier molecular flexibility index (Phi) is 4.06. The van der Waals surface area contributed by atoms with Gasteiger partial charge in [-0.1, -0.05) is 78.9 Å². The number of hydrogen-bond acceptors (Lipinski definition) is 2. The fourth-order valence-corrected chi connectivity index (χ4v) is 3.50. The second kappa shape index (κ2) is 6.50. The maximum atomic E-state index is 6.06. The smallest absolute Gasteiger partial charge is 0.143 e. The molecule has 0 amide bonds. The molecular weight excluding hydrogens is 294 g/mol. The minimum atomic E-state index is 0.200. The summed E-state index contributed by atoms with van der Waals surface area (Å²) in [6.45, 7) is 2.84. The molecule has 0 saturated heterocycles. The fourth-order valence-electron chi connectivity index (χ4n) is 3.50. The number of hydrogen-bond donors (Lipinski definition) is 0. The number of rotatable bonds is 3. The maximum Gasteiger partial charge on any atom is 0.143 e. The molecule has 0 unspecified atom stereocenters. The van der Waals surface area contributed by atoms with Crippen molar-refractivity contribution in [3.63, 3.8) is 0 Å². The third kappa shape index (κ3) is 2.70. The van der Waals surface area contributed by atoms with Crippen LogP contribution in [0.4, 0.5) is 0 Å². The second-order valence-electron chi connectivity index (χ2n) is 6.23. The standard InChI is InChI=1S/C22H21NO/c1-17(18-10-4-2-5-11-18)23-16-24-21-15-9-8-14-20(21)22(23)19-12-6-3-7-13-19/h2-15,17,22H,16H2,1H3/t17-,22+/m0/s1. The lowest BCUT2D eigenvalue weighted by molar-refractivity contribution is 0.0401. The minimum Gasteiger partial charge on any atom is -0.478 e. The Labute approximate surface area is 143 Å². The summed E-state index contributed by atoms with van der Waals surface area (Å²) in [5.41, 5.74) is 3.84. The van der Waals surface area contributed by atoms with Crippen molar-refractivity contribution < 1.29 is 4.74 Å². The van der Waals surface area contributed by atoms with E-state index in [0.717, 1.165) is 5.75 Å². The van der Waals surface area contributed by atoms with Crippen molar-refractivity contribution in [2.45, 2.75) is 19.0 Å². The van der Waals surface area contributed by atoms with Crippen molar-refractivity contribution in [1.82, 2.24) is 4.90 Å². The lowest BCUT2D eigenvalue weighted by atomic mass is 9.93. The van der Waals surface area contributed by atoms with Gasteiger partial charge in [0.2, 0.25) is 0 Å². The SMILES string of the molecule is C[C@@H](c1ccccc1)N1COc2ccccc2[C@H]1c1ccccc1. The first-order valence-corrected chi connectivity index (χ1v) is 8.42. The Hall–Kier alpha value is -2.58. The average molecular weight is 315 g/mol. The van der Waals surface area contributed by atoms with E-state index < -0.39 is 0 Å². The number of benzene rings is 3. The van der Waals surface area contributed by atoms with Crippen LogP contribution in [0, 0.1) is 0 Å². The largest absolute Gasteiger partial charge is 0.478 e. The van der Waals surface area contributed by atoms with Crippen molar-refractivity contribution in [2.24, 2.45) is 0 Å². The lowest BCUT2D eigenvalue weighted by Crippen LogP contribution is -2.38. The van der Waals surface area contributed by atoms with E-state index in [1.165, 1.54) is 16.7 Å². The van der Waals surface area contributed by atoms with E-state index in [1.807, 2.05) is 6.07 Å². The van der Waals surface area contributed by atoms with E-state index in [2.05, 4.69) is 90.7 Å². The van der Waals surface area contributed by atoms with Crippen LogP contribution in [0.15, 0.2) is 84.9 Å². The molecule has 0 aromatic heterocycles. The van der Waals surface area contributed by atoms with Crippen LogP contribution in [-0.2, 0) is 0 Å². The average Bonchev–Trinajstić information content (AvgIpc) is 2.68. The first-order valence-electron chi connectivity index (χ1n) is 8.42. The van der Waals surface area contributed by atoms with Crippen molar-refractivity contribution in [3.8, 4) is 5.75 Å². The first kappa shape index (κ1) is 15.0. The van der Waals surface area contributed by atoms with Gasteiger partial charge in [-0.15, -0.1) is 0 Å². The molecule has 0 bridgehead atoms. The summed E-state index contributed by atoms with van der Waals surface area (Å²) in [5.74, 6) is 0.989. The third-order valence-corrected chi connectivity index (χ3v) is 4.81. The lowest BCUT2D eigenvalue weighted by Gasteiger charge is -2.41. The highest BCUT2D eigenvalue weighted by atomic mass is 16.5. The van der Waals surface area contributed by atoms with E-state index in [4.69, 9.17) is 4.74 Å². The van der Waals surface area contributed by atoms with Gasteiger partial charge in [0.05, 0.1) is 6.04 Å². The molecule has 2 nitrogen and oxygen atoms in total. The third-order valence-electron chi connectivity index (χ3n) is 4.81. The monoisotopic (exact) mass is 315 g/mol. The van der Waals surface area contributed by atoms with Crippen LogP contribution >= 0.6 is 0 Å². The van der Waals surface area contributed by atoms with Gasteiger partial charge in [0.15, 0.2) is 0 Å². The fraction of sp³-hybridized carbons (Fsp3) is 0.182. The Morgan fingerprint density at radius 1 is 0.833 bits per heavy atom. The van der Waals surface area contributed by atoms with Crippen molar-refractivity contribution >= 4 is 0 Å². The van der Waals surface area contributed by atoms with Crippen LogP contribution in [-0.4, -0.2) is 11.6 Å². The van der Waals surface area contributed by atoms with Gasteiger partial charge in [0.25, 0.3) is 0 Å². The van der Waals surface area contributed by atoms with Gasteiger partial charge < -0.3 is 4.74 Å².